The van der Waals surface area contributed by atoms with E-state index in [1.54, 1.807) is 20.1 Å². The fourth-order valence-electron chi connectivity index (χ4n) is 0.894. The van der Waals surface area contributed by atoms with Gasteiger partial charge in [-0.25, -0.2) is 4.21 Å². The van der Waals surface area contributed by atoms with Gasteiger partial charge in [0, 0.05) is 10.7 Å². The summed E-state index contributed by atoms with van der Waals surface area (Å²) < 4.78 is 15.9. The van der Waals surface area contributed by atoms with Crippen LogP contribution in [0.3, 0.4) is 0 Å². The average Bonchev–Trinajstić information content (AvgIpc) is 2.26. The highest BCUT2D eigenvalue weighted by atomic mass is 79.9. The summed E-state index contributed by atoms with van der Waals surface area (Å²) in [6.07, 6.45) is 1.55. The molecule has 16 heavy (non-hydrogen) atoms. The van der Waals surface area contributed by atoms with E-state index in [0.717, 1.165) is 10.0 Å². The molecular formula is C11H14BrNO2S. The smallest absolute Gasteiger partial charge is 0.147 e. The highest BCUT2D eigenvalue weighted by Crippen LogP contribution is 2.14. The van der Waals surface area contributed by atoms with Gasteiger partial charge in [0.05, 0.1) is 11.4 Å². The van der Waals surface area contributed by atoms with E-state index in [9.17, 15) is 4.21 Å². The molecule has 0 aliphatic rings. The predicted molar refractivity (Wildman–Crippen MR) is 71.0 cm³/mol. The van der Waals surface area contributed by atoms with E-state index in [0.29, 0.717) is 0 Å². The van der Waals surface area contributed by atoms with Crippen molar-refractivity contribution in [2.24, 2.45) is 4.40 Å². The van der Waals surface area contributed by atoms with Gasteiger partial charge in [0.1, 0.15) is 11.0 Å². The summed E-state index contributed by atoms with van der Waals surface area (Å²) in [4.78, 5) is 0. The fourth-order valence-corrected chi connectivity index (χ4v) is 1.92. The zero-order valence-electron chi connectivity index (χ0n) is 9.18. The molecular weight excluding hydrogens is 290 g/mol. The quantitative estimate of drug-likeness (QED) is 0.868. The zero-order chi connectivity index (χ0) is 12.2. The maximum atomic E-state index is 11.7. The van der Waals surface area contributed by atoms with Crippen molar-refractivity contribution >= 4 is 33.1 Å². The molecule has 0 unspecified atom stereocenters. The van der Waals surface area contributed by atoms with Crippen LogP contribution in [0.15, 0.2) is 33.1 Å². The second kappa shape index (κ2) is 5.70. The molecule has 0 spiro atoms. The van der Waals surface area contributed by atoms with E-state index in [4.69, 9.17) is 5.11 Å². The Kier molecular flexibility index (Phi) is 4.83. The second-order valence-corrected chi connectivity index (χ2v) is 6.69. The van der Waals surface area contributed by atoms with Gasteiger partial charge >= 0.3 is 0 Å². The molecule has 0 bridgehead atoms. The summed E-state index contributed by atoms with van der Waals surface area (Å²) in [7, 11) is -1.43. The molecule has 0 aliphatic heterocycles. The van der Waals surface area contributed by atoms with Crippen molar-refractivity contribution < 1.29 is 9.32 Å². The normalized spacial score (nSPS) is 14.2. The molecule has 0 aliphatic carbocycles. The van der Waals surface area contributed by atoms with Crippen molar-refractivity contribution in [3.8, 4) is 0 Å². The van der Waals surface area contributed by atoms with Crippen LogP contribution in [-0.2, 0) is 11.0 Å². The number of aliphatic hydroxyl groups excluding tert-OH is 1. The summed E-state index contributed by atoms with van der Waals surface area (Å²) >= 11 is 3.34. The summed E-state index contributed by atoms with van der Waals surface area (Å²) in [6.45, 7) is 3.26. The summed E-state index contributed by atoms with van der Waals surface area (Å²) in [6, 6.07) is 7.54. The van der Waals surface area contributed by atoms with Crippen LogP contribution >= 0.6 is 15.9 Å². The minimum absolute atomic E-state index is 0.157. The van der Waals surface area contributed by atoms with Crippen LogP contribution in [0.25, 0.3) is 0 Å². The Morgan fingerprint density at radius 2 is 2.25 bits per heavy atom. The van der Waals surface area contributed by atoms with E-state index in [1.165, 1.54) is 0 Å². The standard InChI is InChI=1S/C11H14BrNO2S/c1-11(2,8-14)16(15)13-7-9-4-3-5-10(12)6-9/h3-7,14H,8H2,1-2H3/t16-/m1/s1. The first-order valence-corrected chi connectivity index (χ1v) is 6.68. The highest BCUT2D eigenvalue weighted by molar-refractivity contribution is 9.10. The third-order valence-corrected chi connectivity index (χ3v) is 3.86. The first-order valence-electron chi connectivity index (χ1n) is 4.78. The topological polar surface area (TPSA) is 49.7 Å². The van der Waals surface area contributed by atoms with E-state index in [1.807, 2.05) is 24.3 Å². The average molecular weight is 304 g/mol. The van der Waals surface area contributed by atoms with Gasteiger partial charge in [0.2, 0.25) is 0 Å². The molecule has 0 saturated carbocycles. The lowest BCUT2D eigenvalue weighted by Crippen LogP contribution is -2.29. The Labute approximate surface area is 106 Å². The molecule has 3 nitrogen and oxygen atoms in total. The summed E-state index contributed by atoms with van der Waals surface area (Å²) in [5.41, 5.74) is 0.872. The molecule has 0 fully saturated rings. The first-order chi connectivity index (χ1) is 7.45. The maximum Gasteiger partial charge on any atom is 0.147 e. The van der Waals surface area contributed by atoms with Crippen molar-refractivity contribution in [3.05, 3.63) is 34.3 Å². The molecule has 1 aromatic rings. The monoisotopic (exact) mass is 303 g/mol. The maximum absolute atomic E-state index is 11.7. The largest absolute Gasteiger partial charge is 0.395 e. The molecule has 0 saturated heterocycles. The van der Waals surface area contributed by atoms with Crippen LogP contribution < -0.4 is 0 Å². The molecule has 0 radical (unpaired) electrons. The van der Waals surface area contributed by atoms with Crippen LogP contribution in [0.1, 0.15) is 19.4 Å². The molecule has 0 heterocycles. The lowest BCUT2D eigenvalue weighted by Gasteiger charge is -2.16. The summed E-state index contributed by atoms with van der Waals surface area (Å²) in [5, 5.41) is 9.03. The van der Waals surface area contributed by atoms with Gasteiger partial charge in [0.15, 0.2) is 0 Å². The van der Waals surface area contributed by atoms with Crippen LogP contribution in [0, 0.1) is 0 Å². The fraction of sp³-hybridized carbons (Fsp3) is 0.364. The zero-order valence-corrected chi connectivity index (χ0v) is 11.6. The van der Waals surface area contributed by atoms with Gasteiger partial charge in [-0.1, -0.05) is 28.1 Å². The van der Waals surface area contributed by atoms with Crippen LogP contribution in [0.5, 0.6) is 0 Å². The Morgan fingerprint density at radius 3 is 2.81 bits per heavy atom. The molecule has 88 valence electrons. The van der Waals surface area contributed by atoms with Crippen molar-refractivity contribution in [2.75, 3.05) is 6.61 Å². The molecule has 0 aromatic heterocycles. The molecule has 1 N–H and O–H groups in total. The van der Waals surface area contributed by atoms with E-state index in [2.05, 4.69) is 20.3 Å². The minimum Gasteiger partial charge on any atom is -0.395 e. The number of nitrogens with zero attached hydrogens (tertiary/aromatic N) is 1. The molecule has 0 amide bonds. The van der Waals surface area contributed by atoms with Crippen LogP contribution in [-0.4, -0.2) is 26.9 Å². The van der Waals surface area contributed by atoms with Gasteiger partial charge in [-0.3, -0.25) is 0 Å². The van der Waals surface area contributed by atoms with E-state index >= 15 is 0 Å². The number of benzene rings is 1. The third-order valence-electron chi connectivity index (χ3n) is 2.00. The van der Waals surface area contributed by atoms with Gasteiger partial charge in [0.25, 0.3) is 0 Å². The van der Waals surface area contributed by atoms with E-state index in [-0.39, 0.29) is 6.61 Å². The third kappa shape index (κ3) is 3.81. The van der Waals surface area contributed by atoms with E-state index < -0.39 is 15.7 Å². The predicted octanol–water partition coefficient (Wildman–Crippen LogP) is 2.30. The van der Waals surface area contributed by atoms with Crippen molar-refractivity contribution in [3.63, 3.8) is 0 Å². The number of halogens is 1. The van der Waals surface area contributed by atoms with Gasteiger partial charge < -0.3 is 5.11 Å². The second-order valence-electron chi connectivity index (χ2n) is 3.96. The van der Waals surface area contributed by atoms with Gasteiger partial charge in [-0.05, 0) is 31.5 Å². The number of rotatable bonds is 4. The number of hydrogen-bond acceptors (Lipinski definition) is 2. The van der Waals surface area contributed by atoms with Gasteiger partial charge in [-0.2, -0.15) is 4.40 Å². The number of hydrogen-bond donors (Lipinski definition) is 1. The molecule has 1 rings (SSSR count). The summed E-state index contributed by atoms with van der Waals surface area (Å²) in [5.74, 6) is 0. The van der Waals surface area contributed by atoms with Gasteiger partial charge in [-0.15, -0.1) is 0 Å². The Balaban J connectivity index is 2.78. The molecule has 1 atom stereocenters. The highest BCUT2D eigenvalue weighted by Gasteiger charge is 2.24. The Hall–Kier alpha value is -0.520. The van der Waals surface area contributed by atoms with Crippen molar-refractivity contribution in [1.29, 1.82) is 0 Å². The Morgan fingerprint density at radius 1 is 1.56 bits per heavy atom. The minimum atomic E-state index is -1.43. The number of aliphatic hydroxyl groups is 1. The molecule has 5 heteroatoms. The first kappa shape index (κ1) is 13.5. The van der Waals surface area contributed by atoms with Crippen molar-refractivity contribution in [2.45, 2.75) is 18.6 Å². The molecule has 1 aromatic carbocycles. The lowest BCUT2D eigenvalue weighted by atomic mass is 10.2. The SMILES string of the molecule is CC(C)(CO)[S@@](=O)N=Cc1cccc(Br)c1. The van der Waals surface area contributed by atoms with Crippen LogP contribution in [0.4, 0.5) is 0 Å². The van der Waals surface area contributed by atoms with Crippen LogP contribution in [0.2, 0.25) is 0 Å². The van der Waals surface area contributed by atoms with Crippen molar-refractivity contribution in [1.82, 2.24) is 0 Å². The lowest BCUT2D eigenvalue weighted by molar-refractivity contribution is 0.262. The Bertz CT molecular complexity index is 418.